The Morgan fingerprint density at radius 2 is 1.81 bits per heavy atom. The number of hydrogen-bond acceptors (Lipinski definition) is 5. The third kappa shape index (κ3) is 5.60. The van der Waals surface area contributed by atoms with Gasteiger partial charge in [-0.25, -0.2) is 22.3 Å². The van der Waals surface area contributed by atoms with E-state index in [-0.39, 0.29) is 17.0 Å². The number of carbonyl (C=O) groups excluding carboxylic acids is 2. The van der Waals surface area contributed by atoms with Crippen LogP contribution in [0.1, 0.15) is 24.2 Å². The lowest BCUT2D eigenvalue weighted by Gasteiger charge is -2.14. The maximum Gasteiger partial charge on any atom is 0.338 e. The van der Waals surface area contributed by atoms with E-state index in [1.165, 1.54) is 55.5 Å². The fourth-order valence-electron chi connectivity index (χ4n) is 2.12. The molecule has 1 atom stereocenters. The van der Waals surface area contributed by atoms with Crippen molar-refractivity contribution < 1.29 is 27.1 Å². The van der Waals surface area contributed by atoms with E-state index in [2.05, 4.69) is 10.0 Å². The van der Waals surface area contributed by atoms with Crippen molar-refractivity contribution in [2.75, 3.05) is 11.9 Å². The Labute approximate surface area is 156 Å². The molecule has 0 saturated carbocycles. The van der Waals surface area contributed by atoms with Gasteiger partial charge < -0.3 is 10.1 Å². The van der Waals surface area contributed by atoms with E-state index < -0.39 is 33.8 Å². The topological polar surface area (TPSA) is 102 Å². The van der Waals surface area contributed by atoms with Crippen LogP contribution in [-0.2, 0) is 19.6 Å². The number of rotatable bonds is 7. The summed E-state index contributed by atoms with van der Waals surface area (Å²) >= 11 is 0. The molecule has 0 bridgehead atoms. The molecule has 2 N–H and O–H groups in total. The number of ether oxygens (including phenoxy) is 1. The van der Waals surface area contributed by atoms with Gasteiger partial charge in [0.1, 0.15) is 5.82 Å². The highest BCUT2D eigenvalue weighted by atomic mass is 32.2. The molecule has 27 heavy (non-hydrogen) atoms. The average molecular weight is 394 g/mol. The monoisotopic (exact) mass is 394 g/mol. The maximum atomic E-state index is 12.9. The first kappa shape index (κ1) is 20.5. The number of anilines is 1. The Bertz CT molecular complexity index is 929. The Balaban J connectivity index is 2.05. The van der Waals surface area contributed by atoms with Gasteiger partial charge in [0, 0.05) is 12.2 Å². The van der Waals surface area contributed by atoms with Gasteiger partial charge in [0.25, 0.3) is 5.91 Å². The minimum atomic E-state index is -3.72. The van der Waals surface area contributed by atoms with Gasteiger partial charge in [-0.05, 0) is 49.4 Å². The molecule has 9 heteroatoms. The zero-order valence-electron chi connectivity index (χ0n) is 14.7. The Kier molecular flexibility index (Phi) is 6.65. The molecule has 0 aliphatic rings. The predicted octanol–water partition coefficient (Wildman–Crippen LogP) is 2.31. The minimum absolute atomic E-state index is 0.00425. The van der Waals surface area contributed by atoms with Crippen LogP contribution in [0, 0.1) is 5.82 Å². The van der Waals surface area contributed by atoms with Crippen molar-refractivity contribution in [2.45, 2.75) is 24.8 Å². The highest BCUT2D eigenvalue weighted by Gasteiger charge is 2.21. The molecule has 2 aromatic carbocycles. The highest BCUT2D eigenvalue weighted by Crippen LogP contribution is 2.14. The van der Waals surface area contributed by atoms with Crippen molar-refractivity contribution in [3.8, 4) is 0 Å². The first-order valence-corrected chi connectivity index (χ1v) is 9.58. The van der Waals surface area contributed by atoms with E-state index in [0.717, 1.165) is 0 Å². The summed E-state index contributed by atoms with van der Waals surface area (Å²) < 4.78 is 44.3. The molecule has 0 unspecified atom stereocenters. The van der Waals surface area contributed by atoms with Gasteiger partial charge in [0.15, 0.2) is 6.10 Å². The molecule has 0 aromatic heterocycles. The van der Waals surface area contributed by atoms with Crippen molar-refractivity contribution in [1.29, 1.82) is 0 Å². The fraction of sp³-hybridized carbons (Fsp3) is 0.222. The summed E-state index contributed by atoms with van der Waals surface area (Å²) in [5.74, 6) is -1.89. The highest BCUT2D eigenvalue weighted by molar-refractivity contribution is 7.89. The number of hydrogen-bond donors (Lipinski definition) is 2. The van der Waals surface area contributed by atoms with E-state index in [9.17, 15) is 22.4 Å². The van der Waals surface area contributed by atoms with Crippen LogP contribution in [0.3, 0.4) is 0 Å². The molecule has 7 nitrogen and oxygen atoms in total. The Morgan fingerprint density at radius 1 is 1.15 bits per heavy atom. The fourth-order valence-corrected chi connectivity index (χ4v) is 3.21. The van der Waals surface area contributed by atoms with Crippen molar-refractivity contribution >= 4 is 27.6 Å². The van der Waals surface area contributed by atoms with E-state index in [1.807, 2.05) is 0 Å². The van der Waals surface area contributed by atoms with Gasteiger partial charge >= 0.3 is 5.97 Å². The zero-order valence-corrected chi connectivity index (χ0v) is 15.5. The van der Waals surface area contributed by atoms with Crippen LogP contribution in [0.4, 0.5) is 10.1 Å². The Morgan fingerprint density at radius 3 is 2.44 bits per heavy atom. The molecular formula is C18H19FN2O5S. The van der Waals surface area contributed by atoms with Crippen LogP contribution in [0.15, 0.2) is 53.4 Å². The van der Waals surface area contributed by atoms with Crippen LogP contribution >= 0.6 is 0 Å². The Hall–Kier alpha value is -2.78. The lowest BCUT2D eigenvalue weighted by Crippen LogP contribution is -2.30. The van der Waals surface area contributed by atoms with Crippen molar-refractivity contribution in [1.82, 2.24) is 4.72 Å². The van der Waals surface area contributed by atoms with Gasteiger partial charge in [-0.3, -0.25) is 4.79 Å². The van der Waals surface area contributed by atoms with Gasteiger partial charge in [-0.1, -0.05) is 13.0 Å². The molecule has 0 spiro atoms. The second kappa shape index (κ2) is 8.74. The molecule has 2 rings (SSSR count). The van der Waals surface area contributed by atoms with Crippen LogP contribution < -0.4 is 10.0 Å². The summed E-state index contributed by atoms with van der Waals surface area (Å²) in [6, 6.07) is 10.4. The van der Waals surface area contributed by atoms with Gasteiger partial charge in [-0.15, -0.1) is 0 Å². The summed E-state index contributed by atoms with van der Waals surface area (Å²) in [6.07, 6.45) is -1.14. The van der Waals surface area contributed by atoms with E-state index in [0.29, 0.717) is 5.69 Å². The normalized spacial score (nSPS) is 12.3. The molecule has 2 aromatic rings. The summed E-state index contributed by atoms with van der Waals surface area (Å²) in [5.41, 5.74) is 0.346. The smallest absolute Gasteiger partial charge is 0.338 e. The number of amides is 1. The van der Waals surface area contributed by atoms with Crippen molar-refractivity contribution in [3.63, 3.8) is 0 Å². The number of carbonyl (C=O) groups is 2. The number of benzene rings is 2. The van der Waals surface area contributed by atoms with Crippen molar-refractivity contribution in [2.24, 2.45) is 0 Å². The largest absolute Gasteiger partial charge is 0.449 e. The van der Waals surface area contributed by atoms with E-state index in [1.54, 1.807) is 6.92 Å². The van der Waals surface area contributed by atoms with Gasteiger partial charge in [-0.2, -0.15) is 0 Å². The molecule has 144 valence electrons. The minimum Gasteiger partial charge on any atom is -0.449 e. The lowest BCUT2D eigenvalue weighted by molar-refractivity contribution is -0.123. The van der Waals surface area contributed by atoms with Crippen LogP contribution in [0.2, 0.25) is 0 Å². The molecule has 0 fully saturated rings. The molecule has 0 saturated heterocycles. The third-order valence-electron chi connectivity index (χ3n) is 3.48. The first-order valence-electron chi connectivity index (χ1n) is 8.10. The summed E-state index contributed by atoms with van der Waals surface area (Å²) in [7, 11) is -3.72. The third-order valence-corrected chi connectivity index (χ3v) is 5.02. The number of halogens is 1. The zero-order chi connectivity index (χ0) is 20.0. The SMILES string of the molecule is CCNS(=O)(=O)c1cccc(C(=O)O[C@@H](C)C(=O)Nc2ccc(F)cc2)c1. The lowest BCUT2D eigenvalue weighted by atomic mass is 10.2. The maximum absolute atomic E-state index is 12.9. The number of sulfonamides is 1. The van der Waals surface area contributed by atoms with E-state index in [4.69, 9.17) is 4.74 Å². The summed E-state index contributed by atoms with van der Waals surface area (Å²) in [5, 5.41) is 2.49. The number of nitrogens with one attached hydrogen (secondary N) is 2. The van der Waals surface area contributed by atoms with Crippen molar-refractivity contribution in [3.05, 3.63) is 59.9 Å². The second-order valence-corrected chi connectivity index (χ2v) is 7.34. The molecule has 0 aliphatic carbocycles. The first-order chi connectivity index (χ1) is 12.7. The molecule has 0 heterocycles. The summed E-state index contributed by atoms with van der Waals surface area (Å²) in [4.78, 5) is 24.2. The molecule has 0 aliphatic heterocycles. The van der Waals surface area contributed by atoms with Crippen LogP contribution in [-0.4, -0.2) is 32.9 Å². The van der Waals surface area contributed by atoms with Crippen LogP contribution in [0.5, 0.6) is 0 Å². The average Bonchev–Trinajstić information content (AvgIpc) is 2.63. The predicted molar refractivity (Wildman–Crippen MR) is 97.2 cm³/mol. The number of esters is 1. The van der Waals surface area contributed by atoms with Gasteiger partial charge in [0.2, 0.25) is 10.0 Å². The second-order valence-electron chi connectivity index (χ2n) is 5.57. The van der Waals surface area contributed by atoms with E-state index >= 15 is 0 Å². The molecular weight excluding hydrogens is 375 g/mol. The van der Waals surface area contributed by atoms with Gasteiger partial charge in [0.05, 0.1) is 10.5 Å². The molecule has 1 amide bonds. The standard InChI is InChI=1S/C18H19FN2O5S/c1-3-20-27(24,25)16-6-4-5-13(11-16)18(23)26-12(2)17(22)21-15-9-7-14(19)8-10-15/h4-12,20H,3H2,1-2H3,(H,21,22)/t12-/m0/s1. The molecule has 0 radical (unpaired) electrons. The van der Waals surface area contributed by atoms with Crippen LogP contribution in [0.25, 0.3) is 0 Å². The summed E-state index contributed by atoms with van der Waals surface area (Å²) in [6.45, 7) is 3.21. The quantitative estimate of drug-likeness (QED) is 0.702.